The molecule has 0 radical (unpaired) electrons. The summed E-state index contributed by atoms with van der Waals surface area (Å²) in [7, 11) is 0. The molecule has 19 heavy (non-hydrogen) atoms. The molecule has 0 N–H and O–H groups in total. The summed E-state index contributed by atoms with van der Waals surface area (Å²) in [5.74, 6) is 0.932. The highest BCUT2D eigenvalue weighted by atomic mass is 35.5. The van der Waals surface area contributed by atoms with E-state index in [-0.39, 0.29) is 5.38 Å². The molecule has 0 amide bonds. The monoisotopic (exact) mass is 281 g/mol. The van der Waals surface area contributed by atoms with Crippen LogP contribution in [0.3, 0.4) is 0 Å². The zero-order chi connectivity index (χ0) is 14.0. The summed E-state index contributed by atoms with van der Waals surface area (Å²) in [6.07, 6.45) is 2.64. The van der Waals surface area contributed by atoms with Gasteiger partial charge in [0, 0.05) is 17.8 Å². The Morgan fingerprint density at radius 2 is 2.05 bits per heavy atom. The Hall–Kier alpha value is -1.36. The zero-order valence-electron chi connectivity index (χ0n) is 11.9. The first-order valence-electron chi connectivity index (χ1n) is 6.59. The predicted octanol–water partition coefficient (Wildman–Crippen LogP) is 2.85. The van der Waals surface area contributed by atoms with E-state index in [0.717, 1.165) is 35.7 Å². The highest BCUT2D eigenvalue weighted by Gasteiger charge is 2.17. The summed E-state index contributed by atoms with van der Waals surface area (Å²) in [5, 5.41) is 8.77. The average molecular weight is 282 g/mol. The van der Waals surface area contributed by atoms with Crippen molar-refractivity contribution < 1.29 is 0 Å². The molecule has 0 saturated heterocycles. The molecule has 2 heterocycles. The SMILES string of the molecule is CCCn1ncnc1Cn1nc(C)c(C(C)Cl)c1C. The number of halogens is 1. The van der Waals surface area contributed by atoms with Crippen molar-refractivity contribution >= 4 is 11.6 Å². The number of hydrogen-bond acceptors (Lipinski definition) is 3. The van der Waals surface area contributed by atoms with Crippen molar-refractivity contribution in [2.45, 2.75) is 52.6 Å². The molecule has 2 aromatic heterocycles. The number of aromatic nitrogens is 5. The number of nitrogens with zero attached hydrogens (tertiary/aromatic N) is 5. The van der Waals surface area contributed by atoms with Crippen molar-refractivity contribution in [3.63, 3.8) is 0 Å². The predicted molar refractivity (Wildman–Crippen MR) is 75.4 cm³/mol. The van der Waals surface area contributed by atoms with Crippen LogP contribution in [0.4, 0.5) is 0 Å². The molecule has 1 unspecified atom stereocenters. The Labute approximate surface area is 118 Å². The highest BCUT2D eigenvalue weighted by Crippen LogP contribution is 2.26. The van der Waals surface area contributed by atoms with Crippen molar-refractivity contribution in [1.82, 2.24) is 24.5 Å². The lowest BCUT2D eigenvalue weighted by Gasteiger charge is -2.07. The molecule has 0 saturated carbocycles. The van der Waals surface area contributed by atoms with E-state index in [1.54, 1.807) is 6.33 Å². The molecular weight excluding hydrogens is 262 g/mol. The van der Waals surface area contributed by atoms with Crippen molar-refractivity contribution in [2.24, 2.45) is 0 Å². The van der Waals surface area contributed by atoms with Crippen LogP contribution in [0, 0.1) is 13.8 Å². The van der Waals surface area contributed by atoms with Gasteiger partial charge >= 0.3 is 0 Å². The van der Waals surface area contributed by atoms with Gasteiger partial charge in [-0.2, -0.15) is 10.2 Å². The smallest absolute Gasteiger partial charge is 0.148 e. The van der Waals surface area contributed by atoms with Crippen molar-refractivity contribution in [3.05, 3.63) is 29.1 Å². The molecular formula is C13H20ClN5. The first-order valence-corrected chi connectivity index (χ1v) is 7.02. The molecule has 0 bridgehead atoms. The summed E-state index contributed by atoms with van der Waals surface area (Å²) in [6, 6.07) is 0. The molecule has 0 fully saturated rings. The van der Waals surface area contributed by atoms with Gasteiger partial charge in [-0.15, -0.1) is 11.6 Å². The quantitative estimate of drug-likeness (QED) is 0.792. The number of alkyl halides is 1. The molecule has 0 aliphatic heterocycles. The Bertz CT molecular complexity index is 555. The molecule has 0 aliphatic rings. The average Bonchev–Trinajstić information content (AvgIpc) is 2.86. The molecule has 1 atom stereocenters. The van der Waals surface area contributed by atoms with Crippen LogP contribution in [0.5, 0.6) is 0 Å². The van der Waals surface area contributed by atoms with Crippen molar-refractivity contribution in [1.29, 1.82) is 0 Å². The fourth-order valence-electron chi connectivity index (χ4n) is 2.38. The maximum Gasteiger partial charge on any atom is 0.148 e. The van der Waals surface area contributed by atoms with Gasteiger partial charge in [0.2, 0.25) is 0 Å². The first kappa shape index (κ1) is 14.1. The van der Waals surface area contributed by atoms with Crippen LogP contribution < -0.4 is 0 Å². The fourth-order valence-corrected chi connectivity index (χ4v) is 2.70. The van der Waals surface area contributed by atoms with E-state index in [1.807, 2.05) is 23.2 Å². The summed E-state index contributed by atoms with van der Waals surface area (Å²) in [6.45, 7) is 9.66. The standard InChI is InChI=1S/C13H20ClN5/c1-5-6-18-12(15-8-16-18)7-19-11(4)13(9(2)14)10(3)17-19/h8-9H,5-7H2,1-4H3. The van der Waals surface area contributed by atoms with E-state index in [4.69, 9.17) is 11.6 Å². The zero-order valence-corrected chi connectivity index (χ0v) is 12.6. The molecule has 104 valence electrons. The van der Waals surface area contributed by atoms with Crippen LogP contribution in [0.2, 0.25) is 0 Å². The third-order valence-corrected chi connectivity index (χ3v) is 3.48. The van der Waals surface area contributed by atoms with Gasteiger partial charge in [0.25, 0.3) is 0 Å². The second-order valence-corrected chi connectivity index (χ2v) is 5.41. The molecule has 6 heteroatoms. The van der Waals surface area contributed by atoms with E-state index < -0.39 is 0 Å². The van der Waals surface area contributed by atoms with E-state index in [2.05, 4.69) is 29.0 Å². The van der Waals surface area contributed by atoms with E-state index in [0.29, 0.717) is 6.54 Å². The lowest BCUT2D eigenvalue weighted by molar-refractivity contribution is 0.533. The lowest BCUT2D eigenvalue weighted by atomic mass is 10.1. The topological polar surface area (TPSA) is 48.5 Å². The van der Waals surface area contributed by atoms with Crippen LogP contribution >= 0.6 is 11.6 Å². The minimum Gasteiger partial charge on any atom is -0.262 e. The van der Waals surface area contributed by atoms with Crippen LogP contribution in [0.15, 0.2) is 6.33 Å². The highest BCUT2D eigenvalue weighted by molar-refractivity contribution is 6.20. The second-order valence-electron chi connectivity index (χ2n) is 4.76. The van der Waals surface area contributed by atoms with Crippen LogP contribution in [0.1, 0.15) is 48.4 Å². The maximum atomic E-state index is 6.20. The summed E-state index contributed by atoms with van der Waals surface area (Å²) < 4.78 is 3.89. The van der Waals surface area contributed by atoms with Gasteiger partial charge in [0.15, 0.2) is 0 Å². The Morgan fingerprint density at radius 1 is 1.32 bits per heavy atom. The van der Waals surface area contributed by atoms with E-state index in [9.17, 15) is 0 Å². The minimum atomic E-state index is -0.0257. The van der Waals surface area contributed by atoms with Crippen LogP contribution in [0.25, 0.3) is 0 Å². The maximum absolute atomic E-state index is 6.20. The van der Waals surface area contributed by atoms with Crippen molar-refractivity contribution in [3.8, 4) is 0 Å². The Morgan fingerprint density at radius 3 is 2.63 bits per heavy atom. The van der Waals surface area contributed by atoms with E-state index in [1.165, 1.54) is 0 Å². The molecule has 5 nitrogen and oxygen atoms in total. The van der Waals surface area contributed by atoms with Crippen LogP contribution in [-0.2, 0) is 13.1 Å². The lowest BCUT2D eigenvalue weighted by Crippen LogP contribution is -2.12. The third kappa shape index (κ3) is 2.81. The van der Waals surface area contributed by atoms with Crippen LogP contribution in [-0.4, -0.2) is 24.5 Å². The molecule has 0 aliphatic carbocycles. The van der Waals surface area contributed by atoms with Gasteiger partial charge in [0.05, 0.1) is 11.1 Å². The van der Waals surface area contributed by atoms with Gasteiger partial charge in [0.1, 0.15) is 18.7 Å². The number of aryl methyl sites for hydroxylation is 2. The first-order chi connectivity index (χ1) is 9.04. The number of rotatable bonds is 5. The third-order valence-electron chi connectivity index (χ3n) is 3.26. The van der Waals surface area contributed by atoms with Gasteiger partial charge in [-0.25, -0.2) is 9.67 Å². The van der Waals surface area contributed by atoms with Gasteiger partial charge in [-0.05, 0) is 27.2 Å². The molecule has 0 aromatic carbocycles. The van der Waals surface area contributed by atoms with Gasteiger partial charge < -0.3 is 0 Å². The largest absolute Gasteiger partial charge is 0.262 e. The summed E-state index contributed by atoms with van der Waals surface area (Å²) in [5.41, 5.74) is 3.20. The second kappa shape index (κ2) is 5.74. The minimum absolute atomic E-state index is 0.0257. The van der Waals surface area contributed by atoms with Gasteiger partial charge in [-0.3, -0.25) is 4.68 Å². The van der Waals surface area contributed by atoms with E-state index >= 15 is 0 Å². The number of hydrogen-bond donors (Lipinski definition) is 0. The van der Waals surface area contributed by atoms with Crippen molar-refractivity contribution in [2.75, 3.05) is 0 Å². The Balaban J connectivity index is 2.29. The Kier molecular flexibility index (Phi) is 4.24. The summed E-state index contributed by atoms with van der Waals surface area (Å²) >= 11 is 6.20. The molecule has 2 rings (SSSR count). The summed E-state index contributed by atoms with van der Waals surface area (Å²) in [4.78, 5) is 4.31. The molecule has 0 spiro atoms. The molecule has 2 aromatic rings. The normalized spacial score (nSPS) is 12.9. The van der Waals surface area contributed by atoms with Gasteiger partial charge in [-0.1, -0.05) is 6.92 Å². The fraction of sp³-hybridized carbons (Fsp3) is 0.615.